The van der Waals surface area contributed by atoms with E-state index in [9.17, 15) is 23.8 Å². The number of fused-ring (bicyclic) bond motifs is 1. The van der Waals surface area contributed by atoms with Gasteiger partial charge in [0.25, 0.3) is 5.92 Å². The number of hydrogen-bond acceptors (Lipinski definition) is 7. The zero-order valence-corrected chi connectivity index (χ0v) is 21.4. The van der Waals surface area contributed by atoms with E-state index in [-0.39, 0.29) is 35.6 Å². The molecule has 1 aromatic carbocycles. The van der Waals surface area contributed by atoms with Gasteiger partial charge in [0.2, 0.25) is 5.95 Å². The number of benzene rings is 1. The van der Waals surface area contributed by atoms with Gasteiger partial charge in [-0.15, -0.1) is 0 Å². The van der Waals surface area contributed by atoms with Crippen LogP contribution in [0.1, 0.15) is 27.2 Å². The van der Waals surface area contributed by atoms with Crippen LogP contribution in [-0.2, 0) is 13.6 Å². The molecule has 0 radical (unpaired) electrons. The molecule has 1 saturated heterocycles. The molecule has 2 aromatic heterocycles. The summed E-state index contributed by atoms with van der Waals surface area (Å²) in [6.45, 7) is 4.47. The molecule has 196 valence electrons. The van der Waals surface area contributed by atoms with Crippen LogP contribution < -0.4 is 15.9 Å². The Morgan fingerprint density at radius 2 is 2.00 bits per heavy atom. The van der Waals surface area contributed by atoms with Crippen molar-refractivity contribution in [2.45, 2.75) is 45.3 Å². The van der Waals surface area contributed by atoms with Gasteiger partial charge in [-0.2, -0.15) is 4.98 Å². The number of halogens is 3. The van der Waals surface area contributed by atoms with Crippen molar-refractivity contribution in [3.8, 4) is 0 Å². The van der Waals surface area contributed by atoms with Crippen LogP contribution >= 0.6 is 11.6 Å². The van der Waals surface area contributed by atoms with Crippen molar-refractivity contribution in [3.05, 3.63) is 39.9 Å². The average Bonchev–Trinajstić information content (AvgIpc) is 3.04. The quantitative estimate of drug-likeness (QED) is 0.435. The van der Waals surface area contributed by atoms with Crippen LogP contribution in [0, 0.1) is 11.8 Å². The third-order valence-corrected chi connectivity index (χ3v) is 7.00. The van der Waals surface area contributed by atoms with Crippen molar-refractivity contribution in [3.63, 3.8) is 0 Å². The Morgan fingerprint density at radius 3 is 2.67 bits per heavy atom. The molecule has 3 heterocycles. The summed E-state index contributed by atoms with van der Waals surface area (Å²) in [7, 11) is 1.69. The van der Waals surface area contributed by atoms with Gasteiger partial charge in [0.15, 0.2) is 5.82 Å². The first-order valence-corrected chi connectivity index (χ1v) is 12.1. The van der Waals surface area contributed by atoms with E-state index in [0.717, 1.165) is 5.52 Å². The number of rotatable bonds is 7. The van der Waals surface area contributed by atoms with Gasteiger partial charge in [-0.1, -0.05) is 18.5 Å². The molecule has 2 atom stereocenters. The third-order valence-electron chi connectivity index (χ3n) is 6.73. The molecule has 0 saturated carbocycles. The summed E-state index contributed by atoms with van der Waals surface area (Å²) >= 11 is 6.34. The van der Waals surface area contributed by atoms with Crippen LogP contribution in [0.25, 0.3) is 11.0 Å². The number of hydrogen-bond donors (Lipinski definition) is 3. The third kappa shape index (κ3) is 5.05. The molecule has 0 amide bonds. The minimum absolute atomic E-state index is 0.0357. The number of nitrogens with zero attached hydrogens (tertiary/aromatic N) is 5. The van der Waals surface area contributed by atoms with Gasteiger partial charge >= 0.3 is 5.69 Å². The topological polar surface area (TPSA) is 108 Å². The molecule has 3 aromatic rings. The van der Waals surface area contributed by atoms with E-state index >= 15 is 0 Å². The summed E-state index contributed by atoms with van der Waals surface area (Å²) < 4.78 is 31.9. The number of nitrogens with one attached hydrogen (secondary N) is 1. The maximum absolute atomic E-state index is 14.4. The van der Waals surface area contributed by atoms with Crippen molar-refractivity contribution < 1.29 is 19.0 Å². The smallest absolute Gasteiger partial charge is 0.328 e. The lowest BCUT2D eigenvalue weighted by molar-refractivity contribution is -0.124. The fourth-order valence-corrected chi connectivity index (χ4v) is 4.62. The lowest BCUT2D eigenvalue weighted by Gasteiger charge is -2.41. The number of aromatic nitrogens is 4. The van der Waals surface area contributed by atoms with E-state index in [4.69, 9.17) is 11.6 Å². The molecule has 4 rings (SSSR count). The lowest BCUT2D eigenvalue weighted by Crippen LogP contribution is -2.54. The summed E-state index contributed by atoms with van der Waals surface area (Å²) in [4.78, 5) is 23.1. The van der Waals surface area contributed by atoms with E-state index in [0.29, 0.717) is 24.2 Å². The first-order valence-electron chi connectivity index (χ1n) is 11.8. The van der Waals surface area contributed by atoms with Gasteiger partial charge in [-0.05, 0) is 38.5 Å². The highest BCUT2D eigenvalue weighted by atomic mass is 35.5. The second-order valence-corrected chi connectivity index (χ2v) is 10.5. The van der Waals surface area contributed by atoms with Gasteiger partial charge in [0, 0.05) is 38.3 Å². The van der Waals surface area contributed by atoms with Crippen LogP contribution in [0.15, 0.2) is 29.2 Å². The highest BCUT2D eigenvalue weighted by Gasteiger charge is 2.49. The Kier molecular flexibility index (Phi) is 7.02. The Balaban J connectivity index is 1.63. The van der Waals surface area contributed by atoms with E-state index in [1.807, 2.05) is 0 Å². The first kappa shape index (κ1) is 26.3. The maximum Gasteiger partial charge on any atom is 0.328 e. The minimum atomic E-state index is -2.98. The van der Waals surface area contributed by atoms with Crippen LogP contribution in [0.2, 0.25) is 5.02 Å². The SMILES string of the molecule is CC1CN(c2ncc(Cl)c(Nc3ccc4c(c3)n(CCC(C)(C)O)c(=O)n4C)n2)CC(CO)C1(F)F. The molecule has 1 aliphatic rings. The summed E-state index contributed by atoms with van der Waals surface area (Å²) in [5, 5.41) is 23.0. The first-order chi connectivity index (χ1) is 16.8. The van der Waals surface area contributed by atoms with Crippen molar-refractivity contribution in [2.24, 2.45) is 18.9 Å². The van der Waals surface area contributed by atoms with Crippen LogP contribution in [-0.4, -0.2) is 60.5 Å². The second kappa shape index (κ2) is 9.60. The molecule has 12 heteroatoms. The highest BCUT2D eigenvalue weighted by Crippen LogP contribution is 2.39. The van der Waals surface area contributed by atoms with E-state index < -0.39 is 30.0 Å². The fraction of sp³-hybridized carbons (Fsp3) is 0.542. The van der Waals surface area contributed by atoms with Crippen LogP contribution in [0.3, 0.4) is 0 Å². The number of aliphatic hydroxyl groups excluding tert-OH is 1. The number of alkyl halides is 2. The van der Waals surface area contributed by atoms with Gasteiger partial charge in [0.05, 0.1) is 35.4 Å². The molecule has 36 heavy (non-hydrogen) atoms. The average molecular weight is 525 g/mol. The van der Waals surface area contributed by atoms with Gasteiger partial charge in [-0.25, -0.2) is 18.6 Å². The van der Waals surface area contributed by atoms with E-state index in [2.05, 4.69) is 15.3 Å². The van der Waals surface area contributed by atoms with Gasteiger partial charge in [-0.3, -0.25) is 9.13 Å². The van der Waals surface area contributed by atoms with Crippen LogP contribution in [0.4, 0.5) is 26.2 Å². The maximum atomic E-state index is 14.4. The van der Waals surface area contributed by atoms with Crippen molar-refractivity contribution in [1.82, 2.24) is 19.1 Å². The largest absolute Gasteiger partial charge is 0.396 e. The molecule has 3 N–H and O–H groups in total. The second-order valence-electron chi connectivity index (χ2n) is 10.1. The van der Waals surface area contributed by atoms with Crippen molar-refractivity contribution in [1.29, 1.82) is 0 Å². The lowest BCUT2D eigenvalue weighted by atomic mass is 9.86. The highest BCUT2D eigenvalue weighted by molar-refractivity contribution is 6.32. The Bertz CT molecular complexity index is 1320. The van der Waals surface area contributed by atoms with Gasteiger partial charge in [0.1, 0.15) is 5.02 Å². The van der Waals surface area contributed by atoms with Crippen molar-refractivity contribution >= 4 is 40.1 Å². The Morgan fingerprint density at radius 1 is 1.28 bits per heavy atom. The summed E-state index contributed by atoms with van der Waals surface area (Å²) in [6.07, 6.45) is 1.80. The zero-order chi connectivity index (χ0) is 26.4. The number of aliphatic hydroxyl groups is 2. The standard InChI is InChI=1S/C24H31ClF2N6O3/c1-14-11-32(12-15(13-34)24(14,26)27)21-28-10-17(25)20(30-21)29-16-5-6-18-19(9-16)33(22(35)31(18)4)8-7-23(2,3)36/h5-6,9-10,14-15,34,36H,7-8,11-13H2,1-4H3,(H,28,29,30). The number of piperidine rings is 1. The van der Waals surface area contributed by atoms with E-state index in [1.54, 1.807) is 53.1 Å². The molecule has 1 aliphatic heterocycles. The fourth-order valence-electron chi connectivity index (χ4n) is 4.48. The number of aryl methyl sites for hydroxylation is 2. The molecule has 0 spiro atoms. The summed E-state index contributed by atoms with van der Waals surface area (Å²) in [5.41, 5.74) is 0.911. The molecular weight excluding hydrogens is 494 g/mol. The molecule has 0 aliphatic carbocycles. The van der Waals surface area contributed by atoms with Gasteiger partial charge < -0.3 is 20.4 Å². The molecule has 9 nitrogen and oxygen atoms in total. The van der Waals surface area contributed by atoms with E-state index in [1.165, 1.54) is 13.1 Å². The minimum Gasteiger partial charge on any atom is -0.396 e. The number of anilines is 3. The number of imidazole rings is 1. The predicted molar refractivity (Wildman–Crippen MR) is 135 cm³/mol. The summed E-state index contributed by atoms with van der Waals surface area (Å²) in [5.74, 6) is -4.68. The Hall–Kier alpha value is -2.76. The zero-order valence-electron chi connectivity index (χ0n) is 20.7. The molecule has 0 bridgehead atoms. The molecule has 2 unspecified atom stereocenters. The molecule has 1 fully saturated rings. The predicted octanol–water partition coefficient (Wildman–Crippen LogP) is 3.39. The van der Waals surface area contributed by atoms with Crippen molar-refractivity contribution in [2.75, 3.05) is 29.9 Å². The van der Waals surface area contributed by atoms with Crippen LogP contribution in [0.5, 0.6) is 0 Å². The monoisotopic (exact) mass is 524 g/mol. The normalized spacial score (nSPS) is 20.2. The summed E-state index contributed by atoms with van der Waals surface area (Å²) in [6, 6.07) is 5.38. The Labute approximate surface area is 212 Å². The molecular formula is C24H31ClF2N6O3.